The van der Waals surface area contributed by atoms with Crippen LogP contribution in [-0.2, 0) is 9.53 Å². The number of carbonyl (C=O) groups is 1. The van der Waals surface area contributed by atoms with E-state index in [0.717, 1.165) is 12.8 Å². The molecule has 0 aromatic carbocycles. The molecule has 2 nitrogen and oxygen atoms in total. The number of ether oxygens (including phenoxy) is 1. The van der Waals surface area contributed by atoms with Crippen molar-refractivity contribution in [3.63, 3.8) is 0 Å². The van der Waals surface area contributed by atoms with Crippen molar-refractivity contribution in [3.05, 3.63) is 0 Å². The molecule has 0 aromatic rings. The van der Waals surface area contributed by atoms with Crippen molar-refractivity contribution in [2.45, 2.75) is 17.4 Å². The molecule has 0 aromatic heterocycles. The zero-order valence-corrected chi connectivity index (χ0v) is 5.27. The summed E-state index contributed by atoms with van der Waals surface area (Å²) in [6.07, 6.45) is 1.90. The molecule has 0 atom stereocenters. The summed E-state index contributed by atoms with van der Waals surface area (Å²) in [6.45, 7) is 0.474. The van der Waals surface area contributed by atoms with E-state index in [1.807, 2.05) is 0 Å². The highest BCUT2D eigenvalue weighted by Crippen LogP contribution is 2.44. The van der Waals surface area contributed by atoms with E-state index in [0.29, 0.717) is 6.47 Å². The normalized spacial score (nSPS) is 23.6. The van der Waals surface area contributed by atoms with Gasteiger partial charge in [-0.3, -0.25) is 4.79 Å². The quantitative estimate of drug-likeness (QED) is 0.451. The van der Waals surface area contributed by atoms with Crippen molar-refractivity contribution in [2.24, 2.45) is 0 Å². The Morgan fingerprint density at radius 1 is 1.71 bits per heavy atom. The molecular weight excluding hydrogens is 160 g/mol. The van der Waals surface area contributed by atoms with Gasteiger partial charge >= 0.3 is 0 Å². The largest absolute Gasteiger partial charge is 0.450 e. The van der Waals surface area contributed by atoms with Gasteiger partial charge in [0.2, 0.25) is 0 Å². The maximum atomic E-state index is 9.61. The van der Waals surface area contributed by atoms with Crippen LogP contribution in [0.25, 0.3) is 0 Å². The zero-order chi connectivity index (χ0) is 5.33. The molecule has 0 N–H and O–H groups in total. The van der Waals surface area contributed by atoms with Gasteiger partial charge in [0.05, 0.1) is 0 Å². The van der Waals surface area contributed by atoms with E-state index in [1.165, 1.54) is 0 Å². The third-order valence-electron chi connectivity index (χ3n) is 0.902. The highest BCUT2D eigenvalue weighted by Gasteiger charge is 2.42. The summed E-state index contributed by atoms with van der Waals surface area (Å²) in [5, 5.41) is 0. The molecule has 0 amide bonds. The lowest BCUT2D eigenvalue weighted by molar-refractivity contribution is -0.130. The van der Waals surface area contributed by atoms with Crippen LogP contribution >= 0.6 is 15.9 Å². The van der Waals surface area contributed by atoms with Gasteiger partial charge in [-0.25, -0.2) is 0 Å². The number of halogens is 1. The minimum Gasteiger partial charge on any atom is -0.450 e. The van der Waals surface area contributed by atoms with Crippen LogP contribution in [0, 0.1) is 0 Å². The Kier molecular flexibility index (Phi) is 1.07. The first-order valence-electron chi connectivity index (χ1n) is 2.07. The van der Waals surface area contributed by atoms with E-state index < -0.39 is 0 Å². The smallest absolute Gasteiger partial charge is 0.294 e. The van der Waals surface area contributed by atoms with Crippen LogP contribution in [0.5, 0.6) is 0 Å². The highest BCUT2D eigenvalue weighted by molar-refractivity contribution is 9.10. The molecule has 0 spiro atoms. The summed E-state index contributed by atoms with van der Waals surface area (Å²) in [4.78, 5) is 9.61. The topological polar surface area (TPSA) is 26.3 Å². The van der Waals surface area contributed by atoms with Gasteiger partial charge in [-0.2, -0.15) is 0 Å². The van der Waals surface area contributed by atoms with Crippen molar-refractivity contribution in [3.8, 4) is 0 Å². The molecular formula is C4H5BrO2. The summed E-state index contributed by atoms with van der Waals surface area (Å²) in [6, 6.07) is 0. The van der Waals surface area contributed by atoms with E-state index in [2.05, 4.69) is 20.7 Å². The Bertz CT molecular complexity index is 87.7. The fourth-order valence-electron chi connectivity index (χ4n) is 0.302. The van der Waals surface area contributed by atoms with E-state index in [1.54, 1.807) is 0 Å². The van der Waals surface area contributed by atoms with E-state index in [4.69, 9.17) is 0 Å². The second kappa shape index (κ2) is 1.47. The van der Waals surface area contributed by atoms with Crippen molar-refractivity contribution in [1.82, 2.24) is 0 Å². The predicted octanol–water partition coefficient (Wildman–Crippen LogP) is 1.04. The average molecular weight is 165 g/mol. The van der Waals surface area contributed by atoms with Gasteiger partial charge in [-0.05, 0) is 15.9 Å². The highest BCUT2D eigenvalue weighted by atomic mass is 79.9. The van der Waals surface area contributed by atoms with Gasteiger partial charge in [0.25, 0.3) is 6.47 Å². The molecule has 0 heterocycles. The minimum atomic E-state index is -0.255. The van der Waals surface area contributed by atoms with Crippen LogP contribution in [0.3, 0.4) is 0 Å². The van der Waals surface area contributed by atoms with E-state index in [-0.39, 0.29) is 4.51 Å². The Balaban J connectivity index is 2.25. The summed E-state index contributed by atoms with van der Waals surface area (Å²) in [5.41, 5.74) is 0. The first kappa shape index (κ1) is 5.09. The molecule has 3 heteroatoms. The van der Waals surface area contributed by atoms with Gasteiger partial charge in [0.1, 0.15) is 0 Å². The Morgan fingerprint density at radius 2 is 2.29 bits per heavy atom. The molecule has 1 saturated carbocycles. The zero-order valence-electron chi connectivity index (χ0n) is 3.69. The molecule has 0 aliphatic heterocycles. The molecule has 1 aliphatic carbocycles. The van der Waals surface area contributed by atoms with Crippen molar-refractivity contribution in [1.29, 1.82) is 0 Å². The van der Waals surface area contributed by atoms with Crippen LogP contribution in [0.1, 0.15) is 12.8 Å². The average Bonchev–Trinajstić information content (AvgIpc) is 2.22. The second-order valence-electron chi connectivity index (χ2n) is 1.60. The number of rotatable bonds is 2. The van der Waals surface area contributed by atoms with Gasteiger partial charge in [0.15, 0.2) is 4.51 Å². The first-order chi connectivity index (χ1) is 3.27. The van der Waals surface area contributed by atoms with Crippen molar-refractivity contribution >= 4 is 22.4 Å². The summed E-state index contributed by atoms with van der Waals surface area (Å²) >= 11 is 3.20. The minimum absolute atomic E-state index is 0.255. The summed E-state index contributed by atoms with van der Waals surface area (Å²) in [5.74, 6) is 0. The fraction of sp³-hybridized carbons (Fsp3) is 0.750. The molecule has 0 radical (unpaired) electrons. The Morgan fingerprint density at radius 3 is 2.43 bits per heavy atom. The number of hydrogen-bond donors (Lipinski definition) is 0. The molecule has 7 heavy (non-hydrogen) atoms. The van der Waals surface area contributed by atoms with Gasteiger partial charge in [-0.1, -0.05) is 0 Å². The monoisotopic (exact) mass is 164 g/mol. The lowest BCUT2D eigenvalue weighted by Crippen LogP contribution is -2.00. The van der Waals surface area contributed by atoms with Crippen molar-refractivity contribution in [2.75, 3.05) is 0 Å². The third kappa shape index (κ3) is 1.16. The van der Waals surface area contributed by atoms with E-state index in [9.17, 15) is 4.79 Å². The number of alkyl halides is 1. The molecule has 0 unspecified atom stereocenters. The maximum Gasteiger partial charge on any atom is 0.294 e. The van der Waals surface area contributed by atoms with Crippen LogP contribution in [0.4, 0.5) is 0 Å². The van der Waals surface area contributed by atoms with Gasteiger partial charge in [-0.15, -0.1) is 0 Å². The predicted molar refractivity (Wildman–Crippen MR) is 28.0 cm³/mol. The summed E-state index contributed by atoms with van der Waals surface area (Å²) < 4.78 is 4.32. The fourth-order valence-corrected chi connectivity index (χ4v) is 0.577. The van der Waals surface area contributed by atoms with E-state index >= 15 is 0 Å². The summed E-state index contributed by atoms with van der Waals surface area (Å²) in [7, 11) is 0. The van der Waals surface area contributed by atoms with Gasteiger partial charge in [0, 0.05) is 12.8 Å². The van der Waals surface area contributed by atoms with Crippen LogP contribution in [0.15, 0.2) is 0 Å². The van der Waals surface area contributed by atoms with Crippen LogP contribution in [-0.4, -0.2) is 11.0 Å². The number of carbonyl (C=O) groups excluding carboxylic acids is 1. The van der Waals surface area contributed by atoms with Crippen LogP contribution in [0.2, 0.25) is 0 Å². The molecule has 1 fully saturated rings. The molecule has 0 saturated heterocycles. The molecule has 40 valence electrons. The molecule has 1 rings (SSSR count). The van der Waals surface area contributed by atoms with Gasteiger partial charge < -0.3 is 4.74 Å². The lowest BCUT2D eigenvalue weighted by atomic mass is 10.8. The molecule has 0 bridgehead atoms. The third-order valence-corrected chi connectivity index (χ3v) is 1.88. The number of hydrogen-bond acceptors (Lipinski definition) is 2. The molecule has 1 aliphatic rings. The van der Waals surface area contributed by atoms with Crippen LogP contribution < -0.4 is 0 Å². The Hall–Kier alpha value is -0.0500. The maximum absolute atomic E-state index is 9.61. The first-order valence-corrected chi connectivity index (χ1v) is 2.86. The SMILES string of the molecule is O=COC1(Br)CC1. The standard InChI is InChI=1S/C4H5BrO2/c5-4(1-2-4)7-3-6/h3H,1-2H2. The Labute approximate surface area is 50.0 Å². The lowest BCUT2D eigenvalue weighted by Gasteiger charge is -1.98. The second-order valence-corrected chi connectivity index (χ2v) is 3.04. The van der Waals surface area contributed by atoms with Crippen molar-refractivity contribution < 1.29 is 9.53 Å².